The molecule has 0 aliphatic carbocycles. The molecule has 1 atom stereocenters. The standard InChI is InChI=1S/C13H19FN2S/c1-10(12-6-13(14)9-15-8-12)16-7-11-2-4-17-5-3-11/h6,8-11,16H,2-5,7H2,1H3. The Labute approximate surface area is 106 Å². The third-order valence-corrected chi connectivity index (χ3v) is 4.33. The molecule has 0 aromatic carbocycles. The van der Waals surface area contributed by atoms with Gasteiger partial charge in [-0.15, -0.1) is 0 Å². The molecule has 1 saturated heterocycles. The number of rotatable bonds is 4. The third kappa shape index (κ3) is 3.96. The Morgan fingerprint density at radius 1 is 1.47 bits per heavy atom. The Morgan fingerprint density at radius 3 is 2.94 bits per heavy atom. The van der Waals surface area contributed by atoms with Gasteiger partial charge in [0.2, 0.25) is 0 Å². The van der Waals surface area contributed by atoms with Crippen LogP contribution in [0.3, 0.4) is 0 Å². The Balaban J connectivity index is 1.82. The van der Waals surface area contributed by atoms with E-state index in [0.29, 0.717) is 0 Å². The Bertz CT molecular complexity index is 353. The summed E-state index contributed by atoms with van der Waals surface area (Å²) in [5.41, 5.74) is 0.926. The van der Waals surface area contributed by atoms with Crippen molar-refractivity contribution in [2.24, 2.45) is 5.92 Å². The maximum Gasteiger partial charge on any atom is 0.141 e. The number of pyridine rings is 1. The zero-order valence-corrected chi connectivity index (χ0v) is 11.0. The first-order valence-corrected chi connectivity index (χ1v) is 7.33. The van der Waals surface area contributed by atoms with Gasteiger partial charge in [-0.25, -0.2) is 4.39 Å². The van der Waals surface area contributed by atoms with Gasteiger partial charge in [-0.2, -0.15) is 11.8 Å². The van der Waals surface area contributed by atoms with E-state index < -0.39 is 0 Å². The molecule has 1 aliphatic heterocycles. The predicted octanol–water partition coefficient (Wildman–Crippen LogP) is 3.01. The number of hydrogen-bond donors (Lipinski definition) is 1. The Morgan fingerprint density at radius 2 is 2.24 bits per heavy atom. The summed E-state index contributed by atoms with van der Waals surface area (Å²) in [6.45, 7) is 3.09. The van der Waals surface area contributed by atoms with Crippen LogP contribution < -0.4 is 5.32 Å². The molecule has 2 rings (SSSR count). The highest BCUT2D eigenvalue weighted by Gasteiger charge is 2.15. The molecule has 0 amide bonds. The molecule has 1 aromatic rings. The highest BCUT2D eigenvalue weighted by atomic mass is 32.2. The van der Waals surface area contributed by atoms with E-state index in [1.54, 1.807) is 12.3 Å². The van der Waals surface area contributed by atoms with Gasteiger partial charge < -0.3 is 5.32 Å². The van der Waals surface area contributed by atoms with Crippen molar-refractivity contribution >= 4 is 11.8 Å². The maximum atomic E-state index is 13.0. The first-order valence-electron chi connectivity index (χ1n) is 6.17. The Kier molecular flexibility index (Phi) is 4.80. The van der Waals surface area contributed by atoms with Gasteiger partial charge in [0.05, 0.1) is 6.20 Å². The molecule has 1 fully saturated rings. The normalized spacial score (nSPS) is 19.2. The molecule has 0 bridgehead atoms. The minimum Gasteiger partial charge on any atom is -0.310 e. The van der Waals surface area contributed by atoms with Crippen molar-refractivity contribution in [3.8, 4) is 0 Å². The quantitative estimate of drug-likeness (QED) is 0.894. The van der Waals surface area contributed by atoms with E-state index in [2.05, 4.69) is 17.2 Å². The van der Waals surface area contributed by atoms with Crippen molar-refractivity contribution < 1.29 is 4.39 Å². The molecule has 0 radical (unpaired) electrons. The van der Waals surface area contributed by atoms with Crippen molar-refractivity contribution in [3.05, 3.63) is 29.8 Å². The van der Waals surface area contributed by atoms with E-state index in [1.807, 2.05) is 11.8 Å². The summed E-state index contributed by atoms with van der Waals surface area (Å²) < 4.78 is 13.0. The van der Waals surface area contributed by atoms with Gasteiger partial charge in [0.1, 0.15) is 5.82 Å². The number of halogens is 1. The second-order valence-corrected chi connectivity index (χ2v) is 5.85. The van der Waals surface area contributed by atoms with E-state index >= 15 is 0 Å². The summed E-state index contributed by atoms with van der Waals surface area (Å²) in [5.74, 6) is 3.08. The summed E-state index contributed by atoms with van der Waals surface area (Å²) in [6.07, 6.45) is 5.57. The molecule has 1 N–H and O–H groups in total. The topological polar surface area (TPSA) is 24.9 Å². The summed E-state index contributed by atoms with van der Waals surface area (Å²) >= 11 is 2.04. The largest absolute Gasteiger partial charge is 0.310 e. The predicted molar refractivity (Wildman–Crippen MR) is 70.7 cm³/mol. The smallest absolute Gasteiger partial charge is 0.141 e. The van der Waals surface area contributed by atoms with Crippen LogP contribution in [0.1, 0.15) is 31.4 Å². The second kappa shape index (κ2) is 6.36. The van der Waals surface area contributed by atoms with Crippen LogP contribution >= 0.6 is 11.8 Å². The van der Waals surface area contributed by atoms with Crippen LogP contribution in [-0.2, 0) is 0 Å². The van der Waals surface area contributed by atoms with Crippen molar-refractivity contribution in [2.45, 2.75) is 25.8 Å². The lowest BCUT2D eigenvalue weighted by Crippen LogP contribution is -2.28. The summed E-state index contributed by atoms with van der Waals surface area (Å²) in [5, 5.41) is 3.48. The Hall–Kier alpha value is -0.610. The summed E-state index contributed by atoms with van der Waals surface area (Å²) in [7, 11) is 0. The SMILES string of the molecule is CC(NCC1CCSCC1)c1cncc(F)c1. The van der Waals surface area contributed by atoms with Crippen molar-refractivity contribution in [1.82, 2.24) is 10.3 Å². The fourth-order valence-electron chi connectivity index (χ4n) is 2.08. The van der Waals surface area contributed by atoms with Crippen LogP contribution in [0.2, 0.25) is 0 Å². The third-order valence-electron chi connectivity index (χ3n) is 3.28. The van der Waals surface area contributed by atoms with Gasteiger partial charge >= 0.3 is 0 Å². The lowest BCUT2D eigenvalue weighted by Gasteiger charge is -2.23. The number of thioether (sulfide) groups is 1. The number of aromatic nitrogens is 1. The fraction of sp³-hybridized carbons (Fsp3) is 0.615. The molecule has 1 aliphatic rings. The lowest BCUT2D eigenvalue weighted by atomic mass is 10.0. The van der Waals surface area contributed by atoms with Crippen LogP contribution in [0.15, 0.2) is 18.5 Å². The van der Waals surface area contributed by atoms with Crippen molar-refractivity contribution in [1.29, 1.82) is 0 Å². The maximum absolute atomic E-state index is 13.0. The number of nitrogens with zero attached hydrogens (tertiary/aromatic N) is 1. The van der Waals surface area contributed by atoms with Gasteiger partial charge in [0.25, 0.3) is 0 Å². The first kappa shape index (κ1) is 12.8. The van der Waals surface area contributed by atoms with E-state index in [0.717, 1.165) is 18.0 Å². The zero-order chi connectivity index (χ0) is 12.1. The van der Waals surface area contributed by atoms with Gasteiger partial charge in [-0.1, -0.05) is 0 Å². The second-order valence-electron chi connectivity index (χ2n) is 4.62. The van der Waals surface area contributed by atoms with Crippen LogP contribution in [0, 0.1) is 11.7 Å². The summed E-state index contributed by atoms with van der Waals surface area (Å²) in [4.78, 5) is 3.88. The van der Waals surface area contributed by atoms with E-state index in [4.69, 9.17) is 0 Å². The van der Waals surface area contributed by atoms with Crippen LogP contribution in [-0.4, -0.2) is 23.0 Å². The fourth-order valence-corrected chi connectivity index (χ4v) is 3.28. The van der Waals surface area contributed by atoms with E-state index in [9.17, 15) is 4.39 Å². The lowest BCUT2D eigenvalue weighted by molar-refractivity contribution is 0.420. The van der Waals surface area contributed by atoms with E-state index in [-0.39, 0.29) is 11.9 Å². The highest BCUT2D eigenvalue weighted by molar-refractivity contribution is 7.99. The van der Waals surface area contributed by atoms with Crippen LogP contribution in [0.5, 0.6) is 0 Å². The first-order chi connectivity index (χ1) is 8.25. The van der Waals surface area contributed by atoms with Crippen LogP contribution in [0.25, 0.3) is 0 Å². The van der Waals surface area contributed by atoms with E-state index in [1.165, 1.54) is 30.5 Å². The molecule has 0 spiro atoms. The van der Waals surface area contributed by atoms with Gasteiger partial charge in [0, 0.05) is 12.2 Å². The van der Waals surface area contributed by atoms with Crippen molar-refractivity contribution in [2.75, 3.05) is 18.1 Å². The average Bonchev–Trinajstić information content (AvgIpc) is 2.37. The molecule has 17 heavy (non-hydrogen) atoms. The molecule has 1 unspecified atom stereocenters. The molecule has 0 saturated carbocycles. The zero-order valence-electron chi connectivity index (χ0n) is 10.2. The van der Waals surface area contributed by atoms with Gasteiger partial charge in [-0.3, -0.25) is 4.98 Å². The molecular formula is C13H19FN2S. The van der Waals surface area contributed by atoms with Gasteiger partial charge in [0.15, 0.2) is 0 Å². The highest BCUT2D eigenvalue weighted by Crippen LogP contribution is 2.22. The van der Waals surface area contributed by atoms with Gasteiger partial charge in [-0.05, 0) is 55.4 Å². The van der Waals surface area contributed by atoms with Crippen LogP contribution in [0.4, 0.5) is 4.39 Å². The molecule has 4 heteroatoms. The number of nitrogens with one attached hydrogen (secondary N) is 1. The minimum atomic E-state index is -0.259. The molecule has 2 nitrogen and oxygen atoms in total. The molecule has 1 aromatic heterocycles. The molecular weight excluding hydrogens is 235 g/mol. The summed E-state index contributed by atoms with van der Waals surface area (Å²) in [6, 6.07) is 1.73. The molecule has 94 valence electrons. The number of hydrogen-bond acceptors (Lipinski definition) is 3. The minimum absolute atomic E-state index is 0.174. The monoisotopic (exact) mass is 254 g/mol. The molecule has 2 heterocycles. The van der Waals surface area contributed by atoms with Crippen molar-refractivity contribution in [3.63, 3.8) is 0 Å². The average molecular weight is 254 g/mol.